The van der Waals surface area contributed by atoms with Crippen LogP contribution in [0.4, 0.5) is 0 Å². The summed E-state index contributed by atoms with van der Waals surface area (Å²) in [4.78, 5) is 138. The normalized spacial score (nSPS) is 13.8. The average molecular weight is 1340 g/mol. The van der Waals surface area contributed by atoms with Crippen molar-refractivity contribution in [2.45, 2.75) is 124 Å². The molecular weight excluding hydrogens is 1250 g/mol. The number of carbonyl (C=O) groups excluding carboxylic acids is 10. The molecule has 1 aliphatic heterocycles. The van der Waals surface area contributed by atoms with Crippen LogP contribution < -0.4 is 14.2 Å². The van der Waals surface area contributed by atoms with E-state index in [1.54, 1.807) is 104 Å². The topological polar surface area (TPSA) is 318 Å². The van der Waals surface area contributed by atoms with Gasteiger partial charge in [-0.1, -0.05) is 92.2 Å². The molecule has 0 radical (unpaired) electrons. The number of nitrogens with zero attached hydrogens (tertiary/aromatic N) is 1. The van der Waals surface area contributed by atoms with Crippen molar-refractivity contribution in [2.24, 2.45) is 22.7 Å². The van der Waals surface area contributed by atoms with Crippen LogP contribution in [0.15, 0.2) is 127 Å². The van der Waals surface area contributed by atoms with Gasteiger partial charge >= 0.3 is 35.8 Å². The van der Waals surface area contributed by atoms with Crippen molar-refractivity contribution in [1.82, 2.24) is 4.90 Å². The summed E-state index contributed by atoms with van der Waals surface area (Å²) in [6.07, 6.45) is 1.52. The molecule has 23 heteroatoms. The molecule has 522 valence electrons. The Morgan fingerprint density at radius 1 is 0.515 bits per heavy atom. The second-order valence-corrected chi connectivity index (χ2v) is 23.9. The lowest BCUT2D eigenvalue weighted by Gasteiger charge is -2.36. The summed E-state index contributed by atoms with van der Waals surface area (Å²) in [6.45, 7) is 4.05. The smallest absolute Gasteiger partial charge is 0.319 e. The van der Waals surface area contributed by atoms with E-state index >= 15 is 0 Å². The second-order valence-electron chi connectivity index (χ2n) is 23.9. The van der Waals surface area contributed by atoms with Crippen LogP contribution in [-0.4, -0.2) is 158 Å². The number of phenolic OH excluding ortho intramolecular Hbond substituents is 2. The van der Waals surface area contributed by atoms with Crippen molar-refractivity contribution >= 4 is 59.1 Å². The number of likely N-dealkylation sites (tertiary alicyclic amines) is 1. The summed E-state index contributed by atoms with van der Waals surface area (Å²) in [6, 6.07) is 33.4. The van der Waals surface area contributed by atoms with Gasteiger partial charge in [-0.15, -0.1) is 0 Å². The maximum atomic E-state index is 14.6. The number of hydrogen-bond acceptors (Lipinski definition) is 22. The number of Topliss-reactive ketones (excluding diaryl/α,β-unsaturated/α-hetero) is 1. The Kier molecular flexibility index (Phi) is 31.0. The van der Waals surface area contributed by atoms with E-state index in [0.29, 0.717) is 42.7 Å². The summed E-state index contributed by atoms with van der Waals surface area (Å²) in [5.41, 5.74) is -2.72. The summed E-state index contributed by atoms with van der Waals surface area (Å²) < 4.78 is 50.3. The van der Waals surface area contributed by atoms with Gasteiger partial charge < -0.3 is 62.9 Å². The predicted octanol–water partition coefficient (Wildman–Crippen LogP) is 9.87. The van der Waals surface area contributed by atoms with Gasteiger partial charge in [-0.05, 0) is 121 Å². The number of ketones is 3. The number of carbonyl (C=O) groups is 10. The van der Waals surface area contributed by atoms with Crippen molar-refractivity contribution in [3.8, 4) is 28.7 Å². The molecule has 1 fully saturated rings. The number of hydrogen-bond donors (Lipinski definition) is 3. The van der Waals surface area contributed by atoms with Crippen LogP contribution in [0, 0.1) is 22.7 Å². The van der Waals surface area contributed by atoms with E-state index in [4.69, 9.17) is 42.6 Å². The van der Waals surface area contributed by atoms with Gasteiger partial charge in [0.15, 0.2) is 11.6 Å². The molecule has 0 aromatic heterocycles. The number of aliphatic hydroxyl groups is 1. The van der Waals surface area contributed by atoms with Gasteiger partial charge in [-0.3, -0.25) is 47.9 Å². The monoisotopic (exact) mass is 1340 g/mol. The third kappa shape index (κ3) is 23.9. The highest BCUT2D eigenvalue weighted by molar-refractivity contribution is 6.11. The van der Waals surface area contributed by atoms with Gasteiger partial charge in [-0.25, -0.2) is 0 Å². The Morgan fingerprint density at radius 3 is 1.48 bits per heavy atom. The zero-order valence-corrected chi connectivity index (χ0v) is 55.6. The summed E-state index contributed by atoms with van der Waals surface area (Å²) in [5.74, 6) is -7.64. The maximum Gasteiger partial charge on any atom is 0.319 e. The molecule has 0 saturated carbocycles. The lowest BCUT2D eigenvalue weighted by Crippen LogP contribution is -2.44. The van der Waals surface area contributed by atoms with Crippen molar-refractivity contribution in [3.63, 3.8) is 0 Å². The number of benzene rings is 5. The fraction of sp³-hybridized carbons (Fsp3) is 0.459. The summed E-state index contributed by atoms with van der Waals surface area (Å²) >= 11 is 0. The quantitative estimate of drug-likeness (QED) is 0.0107. The zero-order chi connectivity index (χ0) is 70.2. The van der Waals surface area contributed by atoms with Crippen LogP contribution in [0.25, 0.3) is 0 Å². The molecule has 1 aliphatic rings. The first-order valence-electron chi connectivity index (χ1n) is 32.9. The van der Waals surface area contributed by atoms with Gasteiger partial charge in [0.05, 0.1) is 35.0 Å². The van der Waals surface area contributed by atoms with Crippen LogP contribution in [0.1, 0.15) is 149 Å². The number of aromatic hydroxyl groups is 2. The molecule has 4 unspecified atom stereocenters. The van der Waals surface area contributed by atoms with E-state index in [0.717, 1.165) is 19.8 Å². The molecule has 0 aliphatic carbocycles. The van der Waals surface area contributed by atoms with Gasteiger partial charge in [0.25, 0.3) is 0 Å². The molecule has 0 bridgehead atoms. The van der Waals surface area contributed by atoms with Crippen LogP contribution in [0.2, 0.25) is 0 Å². The molecule has 1 amide bonds. The summed E-state index contributed by atoms with van der Waals surface area (Å²) in [7, 11) is 0. The third-order valence-corrected chi connectivity index (χ3v) is 17.0. The van der Waals surface area contributed by atoms with Crippen LogP contribution >= 0.6 is 0 Å². The molecule has 1 heterocycles. The van der Waals surface area contributed by atoms with E-state index in [-0.39, 0.29) is 125 Å². The molecule has 1 saturated heterocycles. The molecular formula is C74H89NO22. The third-order valence-electron chi connectivity index (χ3n) is 17.0. The molecule has 97 heavy (non-hydrogen) atoms. The van der Waals surface area contributed by atoms with Crippen molar-refractivity contribution in [1.29, 1.82) is 0 Å². The molecule has 0 spiro atoms. The summed E-state index contributed by atoms with van der Waals surface area (Å²) in [5, 5.41) is 30.6. The fourth-order valence-corrected chi connectivity index (χ4v) is 11.4. The first-order valence-corrected chi connectivity index (χ1v) is 32.9. The molecule has 4 atom stereocenters. The van der Waals surface area contributed by atoms with E-state index in [2.05, 4.69) is 0 Å². The standard InChI is InChI=1S/C74H89NO22/c1-5-53(69(85)94-39-38-76)25-26-56(70(86)95-45-42-89-57-22-14-8-15-23-57)31-34-73(4,50-51(2)75-37-17-9-16-24-64(75)80)71(87)96-46-47-97-72(88)74(52(3)77,35-32-65(81)92-43-40-90-58-27-29-60(62(78)48-58)67(83)54-18-10-6-11-19-54)36-33-66(82)93-44-41-91-59-28-30-61(63(79)49-59)68(84)55-20-12-7-13-21-55/h6-8,10-15,18-23,27-30,48-49,51,53,56,76,78-79H,5,9,16-17,24-26,31-47,50H2,1-4H3. The predicted molar refractivity (Wildman–Crippen MR) is 351 cm³/mol. The van der Waals surface area contributed by atoms with Crippen molar-refractivity contribution in [3.05, 3.63) is 150 Å². The fourth-order valence-electron chi connectivity index (χ4n) is 11.4. The average Bonchev–Trinajstić information content (AvgIpc) is 1.15. The Balaban J connectivity index is 1.13. The van der Waals surface area contributed by atoms with Crippen LogP contribution in [0.5, 0.6) is 28.7 Å². The lowest BCUT2D eigenvalue weighted by molar-refractivity contribution is -0.169. The first kappa shape index (κ1) is 76.4. The van der Waals surface area contributed by atoms with Crippen LogP contribution in [-0.2, 0) is 66.8 Å². The van der Waals surface area contributed by atoms with Gasteiger partial charge in [0.2, 0.25) is 5.91 Å². The highest BCUT2D eigenvalue weighted by Gasteiger charge is 2.46. The highest BCUT2D eigenvalue weighted by Crippen LogP contribution is 2.38. The largest absolute Gasteiger partial charge is 0.507 e. The SMILES string of the molecule is CCC(CCC(CCC(C)(CC(C)N1CCCCCC1=O)C(=O)OCCOC(=O)C(CCC(=O)OCCOc1ccc(C(=O)c2ccccc2)c(O)c1)(CCC(=O)OCCOc1ccc(C(=O)c2ccccc2)c(O)c1)C(C)=O)C(=O)OCCOc1ccccc1)C(=O)OCCO. The van der Waals surface area contributed by atoms with Gasteiger partial charge in [-0.2, -0.15) is 0 Å². The minimum Gasteiger partial charge on any atom is -0.507 e. The Bertz CT molecular complexity index is 3290. The van der Waals surface area contributed by atoms with E-state index in [1.807, 2.05) is 13.0 Å². The van der Waals surface area contributed by atoms with E-state index in [1.165, 1.54) is 36.4 Å². The molecule has 5 aromatic carbocycles. The Labute approximate surface area is 564 Å². The van der Waals surface area contributed by atoms with Crippen LogP contribution in [0.3, 0.4) is 0 Å². The number of amides is 1. The van der Waals surface area contributed by atoms with Gasteiger partial charge in [0.1, 0.15) is 99.4 Å². The van der Waals surface area contributed by atoms with Crippen molar-refractivity contribution < 1.29 is 106 Å². The highest BCUT2D eigenvalue weighted by atomic mass is 16.6. The zero-order valence-electron chi connectivity index (χ0n) is 55.6. The molecule has 5 aromatic rings. The second kappa shape index (κ2) is 39.4. The maximum absolute atomic E-state index is 14.6. The first-order chi connectivity index (χ1) is 46.7. The number of phenols is 2. The minimum atomic E-state index is -2.16. The number of para-hydroxylation sites is 1. The molecule has 23 nitrogen and oxygen atoms in total. The van der Waals surface area contributed by atoms with Gasteiger partial charge in [0, 0.05) is 55.1 Å². The lowest BCUT2D eigenvalue weighted by atomic mass is 9.75. The minimum absolute atomic E-state index is 0.0318. The number of aliphatic hydroxyl groups excluding tert-OH is 1. The van der Waals surface area contributed by atoms with E-state index < -0.39 is 121 Å². The Morgan fingerprint density at radius 2 is 0.979 bits per heavy atom. The van der Waals surface area contributed by atoms with Crippen molar-refractivity contribution in [2.75, 3.05) is 72.6 Å². The Hall–Kier alpha value is -9.64. The van der Waals surface area contributed by atoms with E-state index in [9.17, 15) is 63.3 Å². The number of ether oxygens (including phenoxy) is 9. The molecule has 6 rings (SSSR count). The number of esters is 6. The molecule has 3 N–H and O–H groups in total. The number of rotatable bonds is 42.